The molecule has 1 aromatic carbocycles. The maximum atomic E-state index is 3.91. The van der Waals surface area contributed by atoms with Gasteiger partial charge in [-0.3, -0.25) is 0 Å². The largest absolute Gasteiger partial charge is 0.313 e. The normalized spacial score (nSPS) is 29.3. The predicted octanol–water partition coefficient (Wildman–Crippen LogP) is 4.74. The molecular formula is C19H29N. The zero-order chi connectivity index (χ0) is 14.0. The van der Waals surface area contributed by atoms with Crippen molar-refractivity contribution in [2.45, 2.75) is 64.3 Å². The van der Waals surface area contributed by atoms with Crippen molar-refractivity contribution >= 4 is 0 Å². The molecule has 2 fully saturated rings. The van der Waals surface area contributed by atoms with Crippen LogP contribution >= 0.6 is 0 Å². The Morgan fingerprint density at radius 1 is 1.20 bits per heavy atom. The van der Waals surface area contributed by atoms with Gasteiger partial charge in [-0.25, -0.2) is 0 Å². The Hall–Kier alpha value is -0.820. The summed E-state index contributed by atoms with van der Waals surface area (Å²) in [7, 11) is 0. The SMILES string of the molecule is CCCNC(C1CC1c1ccccc1)C1(C)CCCC1. The lowest BCUT2D eigenvalue weighted by Gasteiger charge is -2.36. The highest BCUT2D eigenvalue weighted by Crippen LogP contribution is 2.56. The van der Waals surface area contributed by atoms with Gasteiger partial charge in [-0.05, 0) is 55.0 Å². The first-order chi connectivity index (χ1) is 9.74. The molecule has 1 nitrogen and oxygen atoms in total. The van der Waals surface area contributed by atoms with Crippen molar-refractivity contribution in [3.63, 3.8) is 0 Å². The Kier molecular flexibility index (Phi) is 4.16. The van der Waals surface area contributed by atoms with Crippen LogP contribution in [-0.2, 0) is 0 Å². The topological polar surface area (TPSA) is 12.0 Å². The summed E-state index contributed by atoms with van der Waals surface area (Å²) in [5, 5.41) is 3.91. The van der Waals surface area contributed by atoms with Crippen molar-refractivity contribution in [1.29, 1.82) is 0 Å². The van der Waals surface area contributed by atoms with Gasteiger partial charge < -0.3 is 5.32 Å². The van der Waals surface area contributed by atoms with E-state index in [0.717, 1.165) is 17.9 Å². The molecule has 0 saturated heterocycles. The molecular weight excluding hydrogens is 242 g/mol. The van der Waals surface area contributed by atoms with Gasteiger partial charge in [0.25, 0.3) is 0 Å². The average molecular weight is 271 g/mol. The molecule has 1 heteroatoms. The van der Waals surface area contributed by atoms with E-state index in [9.17, 15) is 0 Å². The van der Waals surface area contributed by atoms with Crippen molar-refractivity contribution < 1.29 is 0 Å². The second-order valence-electron chi connectivity index (χ2n) is 7.21. The molecule has 2 saturated carbocycles. The molecule has 0 heterocycles. The fourth-order valence-corrected chi connectivity index (χ4v) is 4.37. The number of nitrogens with one attached hydrogen (secondary N) is 1. The molecule has 3 atom stereocenters. The van der Waals surface area contributed by atoms with E-state index >= 15 is 0 Å². The van der Waals surface area contributed by atoms with E-state index in [1.807, 2.05) is 0 Å². The van der Waals surface area contributed by atoms with Gasteiger partial charge in [-0.15, -0.1) is 0 Å². The number of rotatable bonds is 6. The minimum atomic E-state index is 0.545. The Bertz CT molecular complexity index is 419. The molecule has 3 unspecified atom stereocenters. The molecule has 0 bridgehead atoms. The highest BCUT2D eigenvalue weighted by atomic mass is 15.0. The standard InChI is InChI=1S/C19H29N/c1-3-13-20-18(19(2)11-7-8-12-19)17-14-16(17)15-9-5-4-6-10-15/h4-6,9-10,16-18,20H,3,7-8,11-14H2,1-2H3. The Morgan fingerprint density at radius 2 is 1.90 bits per heavy atom. The monoisotopic (exact) mass is 271 g/mol. The summed E-state index contributed by atoms with van der Waals surface area (Å²) in [4.78, 5) is 0. The molecule has 110 valence electrons. The van der Waals surface area contributed by atoms with Gasteiger partial charge in [0.2, 0.25) is 0 Å². The van der Waals surface area contributed by atoms with E-state index < -0.39 is 0 Å². The Balaban J connectivity index is 1.71. The lowest BCUT2D eigenvalue weighted by atomic mass is 9.77. The van der Waals surface area contributed by atoms with E-state index in [4.69, 9.17) is 0 Å². The molecule has 2 aliphatic carbocycles. The fourth-order valence-electron chi connectivity index (χ4n) is 4.37. The van der Waals surface area contributed by atoms with Gasteiger partial charge in [0.15, 0.2) is 0 Å². The smallest absolute Gasteiger partial charge is 0.0155 e. The van der Waals surface area contributed by atoms with E-state index in [1.165, 1.54) is 45.1 Å². The van der Waals surface area contributed by atoms with E-state index in [0.29, 0.717) is 5.41 Å². The van der Waals surface area contributed by atoms with Crippen LogP contribution in [0.2, 0.25) is 0 Å². The minimum absolute atomic E-state index is 0.545. The van der Waals surface area contributed by atoms with Gasteiger partial charge in [0, 0.05) is 6.04 Å². The number of benzene rings is 1. The maximum Gasteiger partial charge on any atom is 0.0155 e. The third-order valence-corrected chi connectivity index (χ3v) is 5.61. The van der Waals surface area contributed by atoms with E-state index in [1.54, 1.807) is 5.56 Å². The summed E-state index contributed by atoms with van der Waals surface area (Å²) in [5.74, 6) is 1.68. The molecule has 1 aromatic rings. The molecule has 1 N–H and O–H groups in total. The fraction of sp³-hybridized carbons (Fsp3) is 0.684. The maximum absolute atomic E-state index is 3.91. The molecule has 0 radical (unpaired) electrons. The lowest BCUT2D eigenvalue weighted by Crippen LogP contribution is -2.44. The van der Waals surface area contributed by atoms with Crippen molar-refractivity contribution in [2.75, 3.05) is 6.54 Å². The van der Waals surface area contributed by atoms with Crippen molar-refractivity contribution in [1.82, 2.24) is 5.32 Å². The molecule has 0 spiro atoms. The van der Waals surface area contributed by atoms with Crippen LogP contribution in [0.3, 0.4) is 0 Å². The number of hydrogen-bond acceptors (Lipinski definition) is 1. The summed E-state index contributed by atoms with van der Waals surface area (Å²) >= 11 is 0. The first-order valence-corrected chi connectivity index (χ1v) is 8.53. The molecule has 20 heavy (non-hydrogen) atoms. The first kappa shape index (κ1) is 14.1. The highest BCUT2D eigenvalue weighted by Gasteiger charge is 2.50. The quantitative estimate of drug-likeness (QED) is 0.788. The van der Waals surface area contributed by atoms with Gasteiger partial charge >= 0.3 is 0 Å². The van der Waals surface area contributed by atoms with Gasteiger partial charge in [-0.1, -0.05) is 57.0 Å². The van der Waals surface area contributed by atoms with Crippen LogP contribution < -0.4 is 5.32 Å². The lowest BCUT2D eigenvalue weighted by molar-refractivity contribution is 0.196. The zero-order valence-corrected chi connectivity index (χ0v) is 13.1. The minimum Gasteiger partial charge on any atom is -0.313 e. The average Bonchev–Trinajstić information content (AvgIpc) is 3.14. The van der Waals surface area contributed by atoms with Crippen LogP contribution in [-0.4, -0.2) is 12.6 Å². The summed E-state index contributed by atoms with van der Waals surface area (Å²) in [6.07, 6.45) is 8.35. The molecule has 3 rings (SSSR count). The van der Waals surface area contributed by atoms with Crippen LogP contribution in [0, 0.1) is 11.3 Å². The third-order valence-electron chi connectivity index (χ3n) is 5.61. The van der Waals surface area contributed by atoms with Gasteiger partial charge in [0.05, 0.1) is 0 Å². The van der Waals surface area contributed by atoms with Crippen LogP contribution in [0.25, 0.3) is 0 Å². The van der Waals surface area contributed by atoms with Crippen LogP contribution in [0.4, 0.5) is 0 Å². The van der Waals surface area contributed by atoms with Crippen molar-refractivity contribution in [3.05, 3.63) is 35.9 Å². The second kappa shape index (κ2) is 5.89. The number of hydrogen-bond donors (Lipinski definition) is 1. The van der Waals surface area contributed by atoms with Gasteiger partial charge in [0.1, 0.15) is 0 Å². The van der Waals surface area contributed by atoms with Crippen molar-refractivity contribution in [3.8, 4) is 0 Å². The zero-order valence-electron chi connectivity index (χ0n) is 13.1. The van der Waals surface area contributed by atoms with Crippen LogP contribution in [0.5, 0.6) is 0 Å². The molecule has 2 aliphatic rings. The Labute approximate surface area is 124 Å². The van der Waals surface area contributed by atoms with E-state index in [-0.39, 0.29) is 0 Å². The third kappa shape index (κ3) is 2.79. The summed E-state index contributed by atoms with van der Waals surface area (Å²) < 4.78 is 0. The van der Waals surface area contributed by atoms with Crippen molar-refractivity contribution in [2.24, 2.45) is 11.3 Å². The predicted molar refractivity (Wildman–Crippen MR) is 85.9 cm³/mol. The van der Waals surface area contributed by atoms with Gasteiger partial charge in [-0.2, -0.15) is 0 Å². The molecule has 0 aromatic heterocycles. The second-order valence-corrected chi connectivity index (χ2v) is 7.21. The first-order valence-electron chi connectivity index (χ1n) is 8.53. The summed E-state index contributed by atoms with van der Waals surface area (Å²) in [5.41, 5.74) is 2.10. The van der Waals surface area contributed by atoms with Crippen LogP contribution in [0.1, 0.15) is 63.9 Å². The Morgan fingerprint density at radius 3 is 2.55 bits per heavy atom. The summed E-state index contributed by atoms with van der Waals surface area (Å²) in [6.45, 7) is 5.99. The molecule has 0 amide bonds. The summed E-state index contributed by atoms with van der Waals surface area (Å²) in [6, 6.07) is 11.9. The van der Waals surface area contributed by atoms with Crippen LogP contribution in [0.15, 0.2) is 30.3 Å². The van der Waals surface area contributed by atoms with E-state index in [2.05, 4.69) is 49.5 Å². The highest BCUT2D eigenvalue weighted by molar-refractivity contribution is 5.27. The molecule has 0 aliphatic heterocycles.